The molecule has 1 unspecified atom stereocenters. The van der Waals surface area contributed by atoms with Crippen molar-refractivity contribution in [1.82, 2.24) is 5.48 Å². The van der Waals surface area contributed by atoms with Crippen LogP contribution in [0.15, 0.2) is 0 Å². The lowest BCUT2D eigenvalue weighted by atomic mass is 10.8. The molecule has 0 aromatic heterocycles. The van der Waals surface area contributed by atoms with E-state index >= 15 is 0 Å². The monoisotopic (exact) mass is 469 g/mol. The predicted molar refractivity (Wildman–Crippen MR) is 124 cm³/mol. The van der Waals surface area contributed by atoms with E-state index in [1.807, 2.05) is 35.3 Å². The van der Waals surface area contributed by atoms with Crippen molar-refractivity contribution in [1.29, 1.82) is 0 Å². The summed E-state index contributed by atoms with van der Waals surface area (Å²) >= 11 is 15.4. The van der Waals surface area contributed by atoms with Gasteiger partial charge in [0.05, 0.1) is 7.11 Å². The Hall–Kier alpha value is 1.36. The minimum absolute atomic E-state index is 0.0845. The number of aliphatic hydroxyl groups excluding tert-OH is 1. The van der Waals surface area contributed by atoms with Crippen molar-refractivity contribution in [3.63, 3.8) is 0 Å². The predicted octanol–water partition coefficient (Wildman–Crippen LogP) is 2.67. The Labute approximate surface area is 180 Å². The number of hydrogen-bond donors (Lipinski definition) is 4. The van der Waals surface area contributed by atoms with E-state index in [4.69, 9.17) is 14.7 Å². The molecule has 5 nitrogen and oxygen atoms in total. The molecule has 2 N–H and O–H groups in total. The van der Waals surface area contributed by atoms with Gasteiger partial charge in [-0.25, -0.2) is 5.48 Å². The normalized spacial score (nSPS) is 15.3. The van der Waals surface area contributed by atoms with Crippen LogP contribution in [0.4, 0.5) is 0 Å². The Morgan fingerprint density at radius 1 is 1.20 bits per heavy atom. The van der Waals surface area contributed by atoms with Crippen molar-refractivity contribution in [3.8, 4) is 0 Å². The van der Waals surface area contributed by atoms with Crippen LogP contribution < -0.4 is 5.48 Å². The summed E-state index contributed by atoms with van der Waals surface area (Å²) < 4.78 is 0. The summed E-state index contributed by atoms with van der Waals surface area (Å²) in [4.78, 5) is 20.9. The molecule has 0 saturated carbocycles. The number of thioether (sulfide) groups is 4. The molecule has 0 aromatic carbocycles. The highest BCUT2D eigenvalue weighted by atomic mass is 32.2. The fraction of sp³-hybridized carbons (Fsp3) is 0.929. The lowest BCUT2D eigenvalue weighted by molar-refractivity contribution is -0.191. The van der Waals surface area contributed by atoms with Gasteiger partial charge in [-0.05, 0) is 17.3 Å². The fourth-order valence-corrected chi connectivity index (χ4v) is 4.99. The molecule has 0 radical (unpaired) electrons. The summed E-state index contributed by atoms with van der Waals surface area (Å²) in [7, 11) is 1.63. The lowest BCUT2D eigenvalue weighted by Crippen LogP contribution is -2.15. The van der Waals surface area contributed by atoms with Gasteiger partial charge in [0.2, 0.25) is 0 Å². The summed E-state index contributed by atoms with van der Waals surface area (Å²) in [6.07, 6.45) is 0.250. The van der Waals surface area contributed by atoms with Gasteiger partial charge in [0.15, 0.2) is 0 Å². The fourth-order valence-electron chi connectivity index (χ4n) is 1.07. The molecule has 11 heteroatoms. The third kappa shape index (κ3) is 41.1. The van der Waals surface area contributed by atoms with Gasteiger partial charge >= 0.3 is 6.15 Å². The molecule has 0 spiro atoms. The molecule has 1 heterocycles. The summed E-state index contributed by atoms with van der Waals surface area (Å²) in [5.74, 6) is 9.84. The Morgan fingerprint density at radius 2 is 1.80 bits per heavy atom. The molecule has 25 heavy (non-hydrogen) atoms. The minimum Gasteiger partial charge on any atom is -0.382 e. The first-order chi connectivity index (χ1) is 12.1. The second-order valence-electron chi connectivity index (χ2n) is 3.84. The third-order valence-electron chi connectivity index (χ3n) is 1.97. The van der Waals surface area contributed by atoms with E-state index in [-0.39, 0.29) is 11.6 Å². The number of nitrogens with one attached hydrogen (secondary N) is 1. The van der Waals surface area contributed by atoms with Crippen LogP contribution in [0.1, 0.15) is 6.92 Å². The molecule has 0 amide bonds. The zero-order valence-electron chi connectivity index (χ0n) is 14.8. The van der Waals surface area contributed by atoms with Crippen LogP contribution in [0.25, 0.3) is 0 Å². The Kier molecular flexibility index (Phi) is 41.0. The average molecular weight is 470 g/mol. The third-order valence-corrected chi connectivity index (χ3v) is 7.41. The molecule has 1 atom stereocenters. The standard InChI is InChI=1S/C5H13NOS2.C4H8OS2.C4H10S2.CO2/c1-7-6-2-4-9-5-3-8;5-4-3-6-1-2-7-4;1-2-6-4-3-5;2-1-3/h6,8H,2-5H2,1H3;4-5H,1-3H2;5H,2-4H2,1H3;. The molecule has 1 aliphatic rings. The molecule has 1 fully saturated rings. The van der Waals surface area contributed by atoms with Crippen molar-refractivity contribution in [2.75, 3.05) is 65.4 Å². The summed E-state index contributed by atoms with van der Waals surface area (Å²) in [5, 5.41) is 8.85. The molecule has 1 saturated heterocycles. The highest BCUT2D eigenvalue weighted by Gasteiger charge is 2.08. The summed E-state index contributed by atoms with van der Waals surface area (Å²) in [6.45, 7) is 3.07. The van der Waals surface area contributed by atoms with Gasteiger partial charge in [-0.15, -0.1) is 11.8 Å². The average Bonchev–Trinajstić information content (AvgIpc) is 2.62. The maximum Gasteiger partial charge on any atom is 0.373 e. The van der Waals surface area contributed by atoms with Crippen LogP contribution in [0.3, 0.4) is 0 Å². The Morgan fingerprint density at radius 3 is 2.12 bits per heavy atom. The second kappa shape index (κ2) is 33.0. The van der Waals surface area contributed by atoms with Gasteiger partial charge in [0.1, 0.15) is 5.44 Å². The van der Waals surface area contributed by atoms with E-state index in [1.54, 1.807) is 18.9 Å². The van der Waals surface area contributed by atoms with E-state index < -0.39 is 0 Å². The van der Waals surface area contributed by atoms with E-state index in [9.17, 15) is 0 Å². The summed E-state index contributed by atoms with van der Waals surface area (Å²) in [6, 6.07) is 0. The van der Waals surface area contributed by atoms with E-state index in [0.717, 1.165) is 41.1 Å². The van der Waals surface area contributed by atoms with Crippen LogP contribution in [0.5, 0.6) is 0 Å². The first-order valence-electron chi connectivity index (χ1n) is 7.64. The number of hydrogen-bond acceptors (Lipinski definition) is 11. The first kappa shape index (κ1) is 31.1. The molecule has 1 rings (SSSR count). The quantitative estimate of drug-likeness (QED) is 0.232. The molecule has 0 aliphatic carbocycles. The van der Waals surface area contributed by atoms with Crippen molar-refractivity contribution >= 4 is 78.5 Å². The minimum atomic E-state index is -0.0845. The highest BCUT2D eigenvalue weighted by Crippen LogP contribution is 2.21. The van der Waals surface area contributed by atoms with Crippen LogP contribution >= 0.6 is 72.3 Å². The lowest BCUT2D eigenvalue weighted by Gasteiger charge is -2.14. The number of carbonyl (C=O) groups excluding carboxylic acids is 2. The maximum atomic E-state index is 8.85. The first-order valence-corrected chi connectivity index (χ1v) is 13.4. The van der Waals surface area contributed by atoms with Gasteiger partial charge < -0.3 is 9.94 Å². The molecule has 0 bridgehead atoms. The number of aliphatic hydroxyl groups is 1. The molecule has 1 aliphatic heterocycles. The van der Waals surface area contributed by atoms with Crippen molar-refractivity contribution in [2.24, 2.45) is 0 Å². The van der Waals surface area contributed by atoms with E-state index in [1.165, 1.54) is 17.3 Å². The van der Waals surface area contributed by atoms with Gasteiger partial charge in [-0.2, -0.15) is 70.1 Å². The largest absolute Gasteiger partial charge is 0.382 e. The van der Waals surface area contributed by atoms with Crippen LogP contribution in [0, 0.1) is 0 Å². The topological polar surface area (TPSA) is 75.6 Å². The van der Waals surface area contributed by atoms with Gasteiger partial charge in [-0.3, -0.25) is 0 Å². The molecule has 0 aromatic rings. The van der Waals surface area contributed by atoms with Gasteiger partial charge in [-0.1, -0.05) is 6.92 Å². The summed E-state index contributed by atoms with van der Waals surface area (Å²) in [5.41, 5.74) is 2.68. The molecular formula is C14H31NO4S6. The van der Waals surface area contributed by atoms with E-state index in [2.05, 4.69) is 42.5 Å². The van der Waals surface area contributed by atoms with Crippen LogP contribution in [-0.4, -0.2) is 82.1 Å². The zero-order chi connectivity index (χ0) is 19.6. The van der Waals surface area contributed by atoms with Crippen molar-refractivity contribution in [3.05, 3.63) is 0 Å². The smallest absolute Gasteiger partial charge is 0.373 e. The Balaban J connectivity index is -0.000000273. The van der Waals surface area contributed by atoms with Crippen LogP contribution in [-0.2, 0) is 14.4 Å². The maximum absolute atomic E-state index is 8.85. The highest BCUT2D eigenvalue weighted by molar-refractivity contribution is 8.06. The second-order valence-corrected chi connectivity index (χ2v) is 9.79. The zero-order valence-corrected chi connectivity index (χ0v) is 19.9. The number of rotatable bonds is 9. The van der Waals surface area contributed by atoms with E-state index in [0.29, 0.717) is 0 Å². The Bertz CT molecular complexity index is 245. The number of hydroxylamine groups is 1. The van der Waals surface area contributed by atoms with Gasteiger partial charge in [0.25, 0.3) is 0 Å². The SMILES string of the molecule is CCSCCS.CONCCSCCS.O=C=O.OC1CSCCS1. The molecular weight excluding hydrogens is 439 g/mol. The van der Waals surface area contributed by atoms with Crippen LogP contribution in [0.2, 0.25) is 0 Å². The van der Waals surface area contributed by atoms with Crippen molar-refractivity contribution in [2.45, 2.75) is 12.4 Å². The number of thiol groups is 2. The molecule has 152 valence electrons. The van der Waals surface area contributed by atoms with Crippen molar-refractivity contribution < 1.29 is 19.5 Å². The van der Waals surface area contributed by atoms with Gasteiger partial charge in [0, 0.05) is 41.1 Å².